The molecule has 2 aromatic rings. The lowest BCUT2D eigenvalue weighted by Gasteiger charge is -2.13. The zero-order valence-corrected chi connectivity index (χ0v) is 13.9. The van der Waals surface area contributed by atoms with Crippen LogP contribution in [0.5, 0.6) is 11.5 Å². The summed E-state index contributed by atoms with van der Waals surface area (Å²) in [6.45, 7) is 1.77. The average Bonchev–Trinajstić information content (AvgIpc) is 2.60. The second kappa shape index (κ2) is 8.01. The molecule has 0 heterocycles. The Balaban J connectivity index is 2.24. The zero-order chi connectivity index (χ0) is 17.5. The molecule has 6 nitrogen and oxygen atoms in total. The Morgan fingerprint density at radius 1 is 0.917 bits per heavy atom. The van der Waals surface area contributed by atoms with Crippen LogP contribution in [-0.4, -0.2) is 26.0 Å². The molecule has 2 N–H and O–H groups in total. The van der Waals surface area contributed by atoms with Crippen molar-refractivity contribution in [3.05, 3.63) is 48.0 Å². The van der Waals surface area contributed by atoms with Crippen molar-refractivity contribution in [2.45, 2.75) is 13.3 Å². The molecule has 0 aromatic heterocycles. The summed E-state index contributed by atoms with van der Waals surface area (Å²) < 4.78 is 10.5. The lowest BCUT2D eigenvalue weighted by molar-refractivity contribution is -0.115. The number of nitrogens with one attached hydrogen (secondary N) is 2. The van der Waals surface area contributed by atoms with Gasteiger partial charge in [0.25, 0.3) is 5.91 Å². The highest BCUT2D eigenvalue weighted by molar-refractivity contribution is 6.08. The molecule has 0 unspecified atom stereocenters. The first kappa shape index (κ1) is 17.3. The largest absolute Gasteiger partial charge is 0.496 e. The molecule has 0 aliphatic heterocycles. The van der Waals surface area contributed by atoms with Crippen molar-refractivity contribution in [1.82, 2.24) is 0 Å². The Hall–Kier alpha value is -3.02. The standard InChI is InChI=1S/C18H20N2O4/c1-4-16(21)19-12-7-5-8-13(11-12)20-18(22)17-14(23-2)9-6-10-15(17)24-3/h5-11H,4H2,1-3H3,(H,19,21)(H,20,22). The fraction of sp³-hybridized carbons (Fsp3) is 0.222. The smallest absolute Gasteiger partial charge is 0.263 e. The number of carbonyl (C=O) groups excluding carboxylic acids is 2. The maximum atomic E-state index is 12.6. The molecule has 0 saturated heterocycles. The number of benzene rings is 2. The van der Waals surface area contributed by atoms with Gasteiger partial charge in [-0.25, -0.2) is 0 Å². The van der Waals surface area contributed by atoms with E-state index in [1.165, 1.54) is 14.2 Å². The van der Waals surface area contributed by atoms with Gasteiger partial charge in [0, 0.05) is 17.8 Å². The van der Waals surface area contributed by atoms with E-state index >= 15 is 0 Å². The molecular weight excluding hydrogens is 308 g/mol. The fourth-order valence-electron chi connectivity index (χ4n) is 2.19. The van der Waals surface area contributed by atoms with Crippen molar-refractivity contribution in [2.75, 3.05) is 24.9 Å². The number of methoxy groups -OCH3 is 2. The Labute approximate surface area is 140 Å². The molecule has 6 heteroatoms. The zero-order valence-electron chi connectivity index (χ0n) is 13.9. The lowest BCUT2D eigenvalue weighted by atomic mass is 10.1. The van der Waals surface area contributed by atoms with E-state index in [1.807, 2.05) is 0 Å². The van der Waals surface area contributed by atoms with Gasteiger partial charge in [0.15, 0.2) is 0 Å². The molecule has 0 spiro atoms. The Morgan fingerprint density at radius 3 is 2.00 bits per heavy atom. The first-order valence-electron chi connectivity index (χ1n) is 7.51. The van der Waals surface area contributed by atoms with Crippen molar-refractivity contribution < 1.29 is 19.1 Å². The third-order valence-electron chi connectivity index (χ3n) is 3.38. The van der Waals surface area contributed by atoms with Gasteiger partial charge in [-0.3, -0.25) is 9.59 Å². The van der Waals surface area contributed by atoms with Crippen molar-refractivity contribution in [3.8, 4) is 11.5 Å². The van der Waals surface area contributed by atoms with Crippen molar-refractivity contribution in [2.24, 2.45) is 0 Å². The van der Waals surface area contributed by atoms with E-state index in [0.29, 0.717) is 34.9 Å². The lowest BCUT2D eigenvalue weighted by Crippen LogP contribution is -2.15. The SMILES string of the molecule is CCC(=O)Nc1cccc(NC(=O)c2c(OC)cccc2OC)c1. The van der Waals surface area contributed by atoms with Gasteiger partial charge >= 0.3 is 0 Å². The van der Waals surface area contributed by atoms with Crippen molar-refractivity contribution >= 4 is 23.2 Å². The van der Waals surface area contributed by atoms with Crippen LogP contribution < -0.4 is 20.1 Å². The summed E-state index contributed by atoms with van der Waals surface area (Å²) in [7, 11) is 2.99. The van der Waals surface area contributed by atoms with Crippen LogP contribution in [0, 0.1) is 0 Å². The number of amides is 2. The Morgan fingerprint density at radius 2 is 1.46 bits per heavy atom. The van der Waals surface area contributed by atoms with E-state index in [0.717, 1.165) is 0 Å². The quantitative estimate of drug-likeness (QED) is 0.853. The third kappa shape index (κ3) is 4.04. The normalized spacial score (nSPS) is 9.96. The van der Waals surface area contributed by atoms with Crippen LogP contribution in [0.3, 0.4) is 0 Å². The molecule has 0 atom stereocenters. The van der Waals surface area contributed by atoms with E-state index < -0.39 is 0 Å². The van der Waals surface area contributed by atoms with Crippen molar-refractivity contribution in [3.63, 3.8) is 0 Å². The topological polar surface area (TPSA) is 76.7 Å². The van der Waals surface area contributed by atoms with Gasteiger partial charge in [0.2, 0.25) is 5.91 Å². The Kier molecular flexibility index (Phi) is 5.78. The number of hydrogen-bond donors (Lipinski definition) is 2. The van der Waals surface area contributed by atoms with Crippen LogP contribution in [0.15, 0.2) is 42.5 Å². The summed E-state index contributed by atoms with van der Waals surface area (Å²) in [5, 5.41) is 5.54. The van der Waals surface area contributed by atoms with Crippen LogP contribution in [0.1, 0.15) is 23.7 Å². The monoisotopic (exact) mass is 328 g/mol. The van der Waals surface area contributed by atoms with Crippen LogP contribution >= 0.6 is 0 Å². The molecule has 126 valence electrons. The molecule has 0 fully saturated rings. The van der Waals surface area contributed by atoms with Gasteiger partial charge in [-0.1, -0.05) is 19.1 Å². The highest BCUT2D eigenvalue weighted by Crippen LogP contribution is 2.29. The molecule has 24 heavy (non-hydrogen) atoms. The van der Waals surface area contributed by atoms with Crippen LogP contribution in [0.25, 0.3) is 0 Å². The number of carbonyl (C=O) groups is 2. The fourth-order valence-corrected chi connectivity index (χ4v) is 2.19. The minimum absolute atomic E-state index is 0.0927. The van der Waals surface area contributed by atoms with Gasteiger partial charge in [0.05, 0.1) is 14.2 Å². The van der Waals surface area contributed by atoms with Crippen molar-refractivity contribution in [1.29, 1.82) is 0 Å². The molecular formula is C18H20N2O4. The molecule has 2 amide bonds. The predicted molar refractivity (Wildman–Crippen MR) is 92.9 cm³/mol. The van der Waals surface area contributed by atoms with Gasteiger partial charge < -0.3 is 20.1 Å². The number of ether oxygens (including phenoxy) is 2. The Bertz CT molecular complexity index is 721. The average molecular weight is 328 g/mol. The molecule has 0 aliphatic carbocycles. The number of anilines is 2. The summed E-state index contributed by atoms with van der Waals surface area (Å²) in [5.74, 6) is 0.387. The van der Waals surface area contributed by atoms with Crippen LogP contribution in [-0.2, 0) is 4.79 Å². The first-order valence-corrected chi connectivity index (χ1v) is 7.51. The molecule has 0 saturated carbocycles. The summed E-state index contributed by atoms with van der Waals surface area (Å²) in [4.78, 5) is 24.1. The third-order valence-corrected chi connectivity index (χ3v) is 3.38. The van der Waals surface area contributed by atoms with Gasteiger partial charge in [-0.2, -0.15) is 0 Å². The van der Waals surface area contributed by atoms with Crippen LogP contribution in [0.2, 0.25) is 0 Å². The maximum absolute atomic E-state index is 12.6. The highest BCUT2D eigenvalue weighted by Gasteiger charge is 2.18. The van der Waals surface area contributed by atoms with Gasteiger partial charge in [-0.05, 0) is 30.3 Å². The molecule has 0 radical (unpaired) electrons. The van der Waals surface area contributed by atoms with Crippen LogP contribution in [0.4, 0.5) is 11.4 Å². The van der Waals surface area contributed by atoms with Gasteiger partial charge in [0.1, 0.15) is 17.1 Å². The number of hydrogen-bond acceptors (Lipinski definition) is 4. The summed E-state index contributed by atoms with van der Waals surface area (Å²) >= 11 is 0. The van der Waals surface area contributed by atoms with E-state index in [1.54, 1.807) is 49.4 Å². The highest BCUT2D eigenvalue weighted by atomic mass is 16.5. The predicted octanol–water partition coefficient (Wildman–Crippen LogP) is 3.30. The molecule has 0 bridgehead atoms. The first-order chi connectivity index (χ1) is 11.6. The maximum Gasteiger partial charge on any atom is 0.263 e. The van der Waals surface area contributed by atoms with E-state index in [2.05, 4.69) is 10.6 Å². The molecule has 2 rings (SSSR count). The summed E-state index contributed by atoms with van der Waals surface area (Å²) in [5.41, 5.74) is 1.49. The minimum Gasteiger partial charge on any atom is -0.496 e. The summed E-state index contributed by atoms with van der Waals surface area (Å²) in [6.07, 6.45) is 0.384. The van der Waals surface area contributed by atoms with E-state index in [9.17, 15) is 9.59 Å². The molecule has 0 aliphatic rings. The van der Waals surface area contributed by atoms with E-state index in [-0.39, 0.29) is 11.8 Å². The number of rotatable bonds is 6. The van der Waals surface area contributed by atoms with E-state index in [4.69, 9.17) is 9.47 Å². The van der Waals surface area contributed by atoms with Gasteiger partial charge in [-0.15, -0.1) is 0 Å². The second-order valence-corrected chi connectivity index (χ2v) is 4.97. The second-order valence-electron chi connectivity index (χ2n) is 4.97. The molecule has 2 aromatic carbocycles. The summed E-state index contributed by atoms with van der Waals surface area (Å²) in [6, 6.07) is 12.1. The minimum atomic E-state index is -0.358.